The minimum absolute atomic E-state index is 0.306. The monoisotopic (exact) mass is 717 g/mol. The molecule has 0 amide bonds. The van der Waals surface area contributed by atoms with E-state index in [4.69, 9.17) is 0 Å². The summed E-state index contributed by atoms with van der Waals surface area (Å²) in [6, 6.07) is 65.1. The van der Waals surface area contributed by atoms with E-state index in [1.165, 1.54) is 77.2 Å². The highest BCUT2D eigenvalue weighted by atomic mass is 15.1. The molecule has 1 nitrogen and oxygen atoms in total. The molecule has 0 unspecified atom stereocenters. The first-order valence-electron chi connectivity index (χ1n) is 19.6. The molecule has 0 heterocycles. The molecule has 2 aliphatic carbocycles. The lowest BCUT2D eigenvalue weighted by Gasteiger charge is -2.47. The quantitative estimate of drug-likeness (QED) is 0.122. The maximum atomic E-state index is 4.08. The lowest BCUT2D eigenvalue weighted by Crippen LogP contribution is -2.40. The standard InChI is InChI=1S/C55H43N/c1-5-6-27-48-37(2)55(49-28-14-12-24-45(49)46-25-13-15-29-50(46)55)51-34-32-42(36-52(51)54(48,3)4)56(41-22-16-21-40(35-41)38-18-8-7-9-19-38)53-30-17-26-44-43-23-11-10-20-39(43)31-33-47(44)53/h5-36H,1H2,2-4H3/b27-6-. The van der Waals surface area contributed by atoms with Crippen molar-refractivity contribution in [2.75, 3.05) is 4.90 Å². The molecular formula is C55H43N. The van der Waals surface area contributed by atoms with Crippen molar-refractivity contribution in [2.45, 2.75) is 31.6 Å². The molecule has 8 aromatic rings. The van der Waals surface area contributed by atoms with Gasteiger partial charge in [0.1, 0.15) is 0 Å². The molecule has 0 fully saturated rings. The fourth-order valence-corrected chi connectivity index (χ4v) is 10.1. The van der Waals surface area contributed by atoms with E-state index < -0.39 is 5.41 Å². The van der Waals surface area contributed by atoms with Gasteiger partial charge in [-0.2, -0.15) is 0 Å². The van der Waals surface area contributed by atoms with Crippen molar-refractivity contribution in [1.29, 1.82) is 0 Å². The number of allylic oxidation sites excluding steroid dienone is 5. The van der Waals surface area contributed by atoms with Gasteiger partial charge in [-0.3, -0.25) is 0 Å². The molecule has 0 N–H and O–H groups in total. The molecule has 1 heteroatoms. The van der Waals surface area contributed by atoms with Gasteiger partial charge in [0.2, 0.25) is 0 Å². The predicted octanol–water partition coefficient (Wildman–Crippen LogP) is 14.8. The highest BCUT2D eigenvalue weighted by Gasteiger charge is 2.52. The van der Waals surface area contributed by atoms with Gasteiger partial charge in [0.25, 0.3) is 0 Å². The lowest BCUT2D eigenvalue weighted by molar-refractivity contribution is 0.558. The molecule has 0 saturated heterocycles. The van der Waals surface area contributed by atoms with Gasteiger partial charge in [0, 0.05) is 22.2 Å². The van der Waals surface area contributed by atoms with Crippen molar-refractivity contribution in [1.82, 2.24) is 0 Å². The minimum atomic E-state index is -0.437. The third-order valence-electron chi connectivity index (χ3n) is 12.5. The molecule has 0 aliphatic heterocycles. The van der Waals surface area contributed by atoms with Crippen LogP contribution >= 0.6 is 0 Å². The summed E-state index contributed by atoms with van der Waals surface area (Å²) in [4.78, 5) is 2.48. The van der Waals surface area contributed by atoms with Gasteiger partial charge in [-0.05, 0) is 109 Å². The SMILES string of the molecule is C=C/C=C\C1=C(C)C2(c3ccccc3-c3ccccc32)c2ccc(N(c3cccc(-c4ccccc4)c3)c3cccc4c3ccc3ccccc34)cc2C1(C)C. The van der Waals surface area contributed by atoms with Crippen LogP contribution in [0, 0.1) is 0 Å². The summed E-state index contributed by atoms with van der Waals surface area (Å²) in [5.41, 5.74) is 15.7. The van der Waals surface area contributed by atoms with E-state index in [1.54, 1.807) is 0 Å². The number of hydrogen-bond acceptors (Lipinski definition) is 1. The van der Waals surface area contributed by atoms with Crippen molar-refractivity contribution in [3.8, 4) is 22.3 Å². The molecule has 10 rings (SSSR count). The third-order valence-corrected chi connectivity index (χ3v) is 12.5. The van der Waals surface area contributed by atoms with Crippen molar-refractivity contribution in [3.63, 3.8) is 0 Å². The Balaban J connectivity index is 1.28. The summed E-state index contributed by atoms with van der Waals surface area (Å²) >= 11 is 0. The van der Waals surface area contributed by atoms with Gasteiger partial charge in [0.05, 0.1) is 11.1 Å². The Hall–Kier alpha value is -6.70. The van der Waals surface area contributed by atoms with E-state index in [0.29, 0.717) is 0 Å². The first kappa shape index (κ1) is 33.8. The zero-order chi connectivity index (χ0) is 38.0. The second-order valence-electron chi connectivity index (χ2n) is 15.7. The van der Waals surface area contributed by atoms with E-state index >= 15 is 0 Å². The van der Waals surface area contributed by atoms with Crippen molar-refractivity contribution in [3.05, 3.63) is 234 Å². The zero-order valence-corrected chi connectivity index (χ0v) is 32.1. The van der Waals surface area contributed by atoms with Gasteiger partial charge >= 0.3 is 0 Å². The average molecular weight is 718 g/mol. The Kier molecular flexibility index (Phi) is 7.83. The summed E-state index contributed by atoms with van der Waals surface area (Å²) in [7, 11) is 0. The van der Waals surface area contributed by atoms with Gasteiger partial charge < -0.3 is 4.90 Å². The maximum absolute atomic E-state index is 4.08. The fraction of sp³-hybridized carbons (Fsp3) is 0.0909. The Bertz CT molecular complexity index is 2880. The molecule has 0 bridgehead atoms. The number of fused-ring (bicyclic) bond motifs is 10. The van der Waals surface area contributed by atoms with E-state index in [1.807, 2.05) is 6.08 Å². The molecule has 268 valence electrons. The van der Waals surface area contributed by atoms with E-state index in [2.05, 4.69) is 220 Å². The summed E-state index contributed by atoms with van der Waals surface area (Å²) in [6.45, 7) is 11.2. The van der Waals surface area contributed by atoms with E-state index in [0.717, 1.165) is 17.1 Å². The van der Waals surface area contributed by atoms with Crippen molar-refractivity contribution >= 4 is 38.6 Å². The summed E-state index contributed by atoms with van der Waals surface area (Å²) < 4.78 is 0. The van der Waals surface area contributed by atoms with Crippen molar-refractivity contribution in [2.24, 2.45) is 0 Å². The molecule has 0 radical (unpaired) electrons. The second-order valence-corrected chi connectivity index (χ2v) is 15.7. The number of nitrogens with zero attached hydrogens (tertiary/aromatic N) is 1. The van der Waals surface area contributed by atoms with Crippen LogP contribution in [-0.2, 0) is 10.8 Å². The van der Waals surface area contributed by atoms with Crippen LogP contribution in [0.1, 0.15) is 43.0 Å². The summed E-state index contributed by atoms with van der Waals surface area (Å²) in [6.07, 6.45) is 6.31. The van der Waals surface area contributed by atoms with Crippen LogP contribution < -0.4 is 4.90 Å². The molecule has 0 atom stereocenters. The van der Waals surface area contributed by atoms with Crippen LogP contribution in [0.15, 0.2) is 212 Å². The summed E-state index contributed by atoms with van der Waals surface area (Å²) in [5.74, 6) is 0. The van der Waals surface area contributed by atoms with Crippen molar-refractivity contribution < 1.29 is 0 Å². The first-order chi connectivity index (χ1) is 27.4. The minimum Gasteiger partial charge on any atom is -0.310 e. The Morgan fingerprint density at radius 3 is 1.91 bits per heavy atom. The van der Waals surface area contributed by atoms with Crippen LogP contribution in [0.2, 0.25) is 0 Å². The average Bonchev–Trinajstić information content (AvgIpc) is 3.54. The zero-order valence-electron chi connectivity index (χ0n) is 32.1. The number of rotatable bonds is 6. The normalized spacial score (nSPS) is 14.9. The van der Waals surface area contributed by atoms with Crippen LogP contribution in [-0.4, -0.2) is 0 Å². The fourth-order valence-electron chi connectivity index (χ4n) is 10.1. The number of benzene rings is 8. The van der Waals surface area contributed by atoms with Gasteiger partial charge in [-0.1, -0.05) is 184 Å². The molecular weight excluding hydrogens is 675 g/mol. The smallest absolute Gasteiger partial charge is 0.0679 e. The predicted molar refractivity (Wildman–Crippen MR) is 238 cm³/mol. The Morgan fingerprint density at radius 1 is 0.500 bits per heavy atom. The second kappa shape index (κ2) is 13.0. The van der Waals surface area contributed by atoms with Gasteiger partial charge in [-0.25, -0.2) is 0 Å². The molecule has 0 aromatic heterocycles. The van der Waals surface area contributed by atoms with Gasteiger partial charge in [0.15, 0.2) is 0 Å². The molecule has 1 spiro atoms. The highest BCUT2D eigenvalue weighted by molar-refractivity contribution is 6.12. The lowest BCUT2D eigenvalue weighted by atomic mass is 9.55. The van der Waals surface area contributed by atoms with Crippen LogP contribution in [0.3, 0.4) is 0 Å². The van der Waals surface area contributed by atoms with E-state index in [9.17, 15) is 0 Å². The maximum Gasteiger partial charge on any atom is 0.0679 e. The van der Waals surface area contributed by atoms with Crippen LogP contribution in [0.25, 0.3) is 43.8 Å². The Labute approximate surface area is 330 Å². The third kappa shape index (κ3) is 4.87. The molecule has 8 aromatic carbocycles. The topological polar surface area (TPSA) is 3.24 Å². The molecule has 56 heavy (non-hydrogen) atoms. The highest BCUT2D eigenvalue weighted by Crippen LogP contribution is 2.62. The van der Waals surface area contributed by atoms with Crippen LogP contribution in [0.4, 0.5) is 17.1 Å². The number of anilines is 3. The molecule has 0 saturated carbocycles. The Morgan fingerprint density at radius 2 is 1.14 bits per heavy atom. The largest absolute Gasteiger partial charge is 0.310 e. The summed E-state index contributed by atoms with van der Waals surface area (Å²) in [5, 5.41) is 4.97. The van der Waals surface area contributed by atoms with E-state index in [-0.39, 0.29) is 5.41 Å². The van der Waals surface area contributed by atoms with Gasteiger partial charge in [-0.15, -0.1) is 0 Å². The first-order valence-corrected chi connectivity index (χ1v) is 19.6. The molecule has 2 aliphatic rings. The number of hydrogen-bond donors (Lipinski definition) is 0. The van der Waals surface area contributed by atoms with Crippen LogP contribution in [0.5, 0.6) is 0 Å².